The molecule has 0 unspecified atom stereocenters. The zero-order valence-corrected chi connectivity index (χ0v) is 13.6. The Morgan fingerprint density at radius 1 is 1.36 bits per heavy atom. The molecular weight excluding hydrogens is 320 g/mol. The van der Waals surface area contributed by atoms with E-state index in [0.29, 0.717) is 5.02 Å². The Balaban J connectivity index is 1.87. The lowest BCUT2D eigenvalue weighted by Crippen LogP contribution is -2.34. The lowest BCUT2D eigenvalue weighted by atomic mass is 10.0. The molecule has 0 spiro atoms. The molecule has 2 heterocycles. The van der Waals surface area contributed by atoms with Crippen LogP contribution in [0.15, 0.2) is 40.0 Å². The van der Waals surface area contributed by atoms with Gasteiger partial charge in [-0.1, -0.05) is 11.6 Å². The minimum absolute atomic E-state index is 0.122. The Morgan fingerprint density at radius 2 is 2.18 bits per heavy atom. The molecule has 0 saturated carbocycles. The smallest absolute Gasteiger partial charge is 0.260 e. The molecule has 2 N–H and O–H groups in total. The number of hydrogen-bond acceptors (Lipinski definition) is 3. The number of thioether (sulfide) groups is 1. The van der Waals surface area contributed by atoms with Crippen LogP contribution in [0.4, 0.5) is 0 Å². The number of nitrogens with one attached hydrogen (secondary N) is 2. The number of carbonyl (C=O) groups is 1. The Bertz CT molecular complexity index is 788. The molecule has 1 aliphatic heterocycles. The highest BCUT2D eigenvalue weighted by Gasteiger charge is 2.24. The van der Waals surface area contributed by atoms with Crippen LogP contribution >= 0.6 is 23.4 Å². The van der Waals surface area contributed by atoms with Crippen molar-refractivity contribution in [1.82, 2.24) is 10.3 Å². The van der Waals surface area contributed by atoms with Gasteiger partial charge in [0.05, 0.1) is 6.04 Å². The van der Waals surface area contributed by atoms with E-state index in [1.165, 1.54) is 0 Å². The first-order valence-corrected chi connectivity index (χ1v) is 8.34. The lowest BCUT2D eigenvalue weighted by Gasteiger charge is -2.26. The van der Waals surface area contributed by atoms with Crippen molar-refractivity contribution in [3.8, 4) is 0 Å². The third-order valence-electron chi connectivity index (χ3n) is 3.62. The molecule has 3 rings (SSSR count). The van der Waals surface area contributed by atoms with Gasteiger partial charge in [0.1, 0.15) is 5.56 Å². The van der Waals surface area contributed by atoms with Crippen LogP contribution in [-0.2, 0) is 0 Å². The molecule has 0 bridgehead atoms. The standard InChI is InChI=1S/C16H15ClN2O2S/c1-9-2-4-11(15(20)18-9)16(21)19-13-6-7-22-14-5-3-10(17)8-12(13)14/h2-5,8,13H,6-7H2,1H3,(H,18,20)(H,19,21)/t13-/m0/s1. The van der Waals surface area contributed by atoms with Crippen molar-refractivity contribution in [3.63, 3.8) is 0 Å². The number of amides is 1. The molecule has 0 radical (unpaired) electrons. The molecular formula is C16H15ClN2O2S. The third-order valence-corrected chi connectivity index (χ3v) is 4.97. The fourth-order valence-corrected chi connectivity index (χ4v) is 3.79. The largest absolute Gasteiger partial charge is 0.345 e. The van der Waals surface area contributed by atoms with Gasteiger partial charge in [-0.25, -0.2) is 0 Å². The van der Waals surface area contributed by atoms with Crippen LogP contribution in [0.1, 0.15) is 34.1 Å². The van der Waals surface area contributed by atoms with E-state index in [2.05, 4.69) is 10.3 Å². The second-order valence-electron chi connectivity index (χ2n) is 5.23. The molecule has 1 atom stereocenters. The number of H-pyrrole nitrogens is 1. The minimum atomic E-state index is -0.367. The SMILES string of the molecule is Cc1ccc(C(=O)N[C@H]2CCSc3ccc(Cl)cc32)c(=O)[nH]1. The summed E-state index contributed by atoms with van der Waals surface area (Å²) in [5, 5.41) is 3.59. The maximum Gasteiger partial charge on any atom is 0.260 e. The van der Waals surface area contributed by atoms with Gasteiger partial charge >= 0.3 is 0 Å². The summed E-state index contributed by atoms with van der Waals surface area (Å²) in [6.45, 7) is 1.78. The van der Waals surface area contributed by atoms with Crippen LogP contribution in [0, 0.1) is 6.92 Å². The number of pyridine rings is 1. The Labute approximate surface area is 137 Å². The number of aromatic nitrogens is 1. The fourth-order valence-electron chi connectivity index (χ4n) is 2.50. The van der Waals surface area contributed by atoms with Gasteiger partial charge in [-0.05, 0) is 49.2 Å². The molecule has 2 aromatic rings. The molecule has 0 saturated heterocycles. The Morgan fingerprint density at radius 3 is 2.95 bits per heavy atom. The Kier molecular flexibility index (Phi) is 4.27. The first kappa shape index (κ1) is 15.2. The first-order chi connectivity index (χ1) is 10.5. The predicted molar refractivity (Wildman–Crippen MR) is 88.8 cm³/mol. The highest BCUT2D eigenvalue weighted by atomic mass is 35.5. The number of aromatic amines is 1. The summed E-state index contributed by atoms with van der Waals surface area (Å²) in [4.78, 5) is 28.0. The number of hydrogen-bond donors (Lipinski definition) is 2. The maximum atomic E-state index is 12.4. The van der Waals surface area contributed by atoms with Crippen molar-refractivity contribution < 1.29 is 4.79 Å². The first-order valence-electron chi connectivity index (χ1n) is 6.97. The van der Waals surface area contributed by atoms with Crippen LogP contribution in [0.5, 0.6) is 0 Å². The number of aryl methyl sites for hydroxylation is 1. The second-order valence-corrected chi connectivity index (χ2v) is 6.80. The summed E-state index contributed by atoms with van der Waals surface area (Å²) in [6.07, 6.45) is 0.813. The number of halogens is 1. The van der Waals surface area contributed by atoms with Gasteiger partial charge in [0, 0.05) is 21.4 Å². The molecule has 4 nitrogen and oxygen atoms in total. The number of carbonyl (C=O) groups excluding carboxylic acids is 1. The lowest BCUT2D eigenvalue weighted by molar-refractivity contribution is 0.0933. The quantitative estimate of drug-likeness (QED) is 0.885. The monoisotopic (exact) mass is 334 g/mol. The van der Waals surface area contributed by atoms with Crippen LogP contribution < -0.4 is 10.9 Å². The highest BCUT2D eigenvalue weighted by Crippen LogP contribution is 2.37. The molecule has 22 heavy (non-hydrogen) atoms. The third kappa shape index (κ3) is 3.05. The van der Waals surface area contributed by atoms with E-state index in [4.69, 9.17) is 11.6 Å². The second kappa shape index (κ2) is 6.18. The van der Waals surface area contributed by atoms with E-state index < -0.39 is 0 Å². The molecule has 1 aromatic heterocycles. The summed E-state index contributed by atoms with van der Waals surface area (Å²) in [6, 6.07) is 8.86. The molecule has 114 valence electrons. The maximum absolute atomic E-state index is 12.4. The van der Waals surface area contributed by atoms with Crippen molar-refractivity contribution in [2.75, 3.05) is 5.75 Å². The van der Waals surface area contributed by atoms with Crippen molar-refractivity contribution in [3.05, 3.63) is 62.5 Å². The average Bonchev–Trinajstić information content (AvgIpc) is 2.47. The molecule has 1 amide bonds. The Hall–Kier alpha value is -1.72. The molecule has 6 heteroatoms. The molecule has 1 aliphatic rings. The van der Waals surface area contributed by atoms with E-state index in [0.717, 1.165) is 28.3 Å². The van der Waals surface area contributed by atoms with Crippen molar-refractivity contribution >= 4 is 29.3 Å². The van der Waals surface area contributed by atoms with Crippen molar-refractivity contribution in [2.24, 2.45) is 0 Å². The number of rotatable bonds is 2. The minimum Gasteiger partial charge on any atom is -0.345 e. The summed E-state index contributed by atoms with van der Waals surface area (Å²) >= 11 is 7.81. The van der Waals surface area contributed by atoms with E-state index in [-0.39, 0.29) is 23.1 Å². The van der Waals surface area contributed by atoms with Crippen LogP contribution in [0.25, 0.3) is 0 Å². The van der Waals surface area contributed by atoms with Crippen molar-refractivity contribution in [1.29, 1.82) is 0 Å². The van der Waals surface area contributed by atoms with Crippen molar-refractivity contribution in [2.45, 2.75) is 24.3 Å². The predicted octanol–water partition coefficient (Wildman–Crippen LogP) is 3.30. The molecule has 1 aromatic carbocycles. The van der Waals surface area contributed by atoms with E-state index >= 15 is 0 Å². The summed E-state index contributed by atoms with van der Waals surface area (Å²) in [5.74, 6) is 0.563. The van der Waals surface area contributed by atoms with Gasteiger partial charge in [-0.3, -0.25) is 9.59 Å². The zero-order valence-electron chi connectivity index (χ0n) is 12.0. The molecule has 0 aliphatic carbocycles. The highest BCUT2D eigenvalue weighted by molar-refractivity contribution is 7.99. The average molecular weight is 335 g/mol. The number of fused-ring (bicyclic) bond motifs is 1. The van der Waals surface area contributed by atoms with Gasteiger partial charge in [0.2, 0.25) is 0 Å². The van der Waals surface area contributed by atoms with Gasteiger partial charge < -0.3 is 10.3 Å². The van der Waals surface area contributed by atoms with E-state index in [1.54, 1.807) is 30.8 Å². The van der Waals surface area contributed by atoms with Gasteiger partial charge in [-0.15, -0.1) is 11.8 Å². The summed E-state index contributed by atoms with van der Waals surface area (Å²) in [7, 11) is 0. The van der Waals surface area contributed by atoms with Gasteiger partial charge in [0.25, 0.3) is 11.5 Å². The van der Waals surface area contributed by atoms with E-state index in [1.807, 2.05) is 18.2 Å². The molecule has 0 fully saturated rings. The fraction of sp³-hybridized carbons (Fsp3) is 0.250. The summed E-state index contributed by atoms with van der Waals surface area (Å²) < 4.78 is 0. The van der Waals surface area contributed by atoms with E-state index in [9.17, 15) is 9.59 Å². The van der Waals surface area contributed by atoms with Crippen LogP contribution in [-0.4, -0.2) is 16.6 Å². The summed E-state index contributed by atoms with van der Waals surface area (Å²) in [5.41, 5.74) is 1.51. The van der Waals surface area contributed by atoms with Crippen LogP contribution in [0.2, 0.25) is 5.02 Å². The van der Waals surface area contributed by atoms with Crippen LogP contribution in [0.3, 0.4) is 0 Å². The number of benzene rings is 1. The topological polar surface area (TPSA) is 62.0 Å². The van der Waals surface area contributed by atoms with Gasteiger partial charge in [0.15, 0.2) is 0 Å². The normalized spacial score (nSPS) is 16.9. The van der Waals surface area contributed by atoms with Gasteiger partial charge in [-0.2, -0.15) is 0 Å². The zero-order chi connectivity index (χ0) is 15.7.